The van der Waals surface area contributed by atoms with Crippen LogP contribution >= 0.6 is 0 Å². The van der Waals surface area contributed by atoms with Gasteiger partial charge < -0.3 is 26.2 Å². The quantitative estimate of drug-likeness (QED) is 0.460. The number of carbonyl (C=O) groups excluding carboxylic acids is 1. The monoisotopic (exact) mass is 353 g/mol. The average Bonchev–Trinajstić information content (AvgIpc) is 2.53. The van der Waals surface area contributed by atoms with Crippen LogP contribution < -0.4 is 5.73 Å². The number of carbonyl (C=O) groups is 5. The van der Waals surface area contributed by atoms with Crippen molar-refractivity contribution in [3.05, 3.63) is 60.2 Å². The third-order valence-electron chi connectivity index (χ3n) is 1.80. The Morgan fingerprint density at radius 3 is 1.08 bits per heavy atom. The van der Waals surface area contributed by atoms with Crippen molar-refractivity contribution < 1.29 is 44.4 Å². The normalized spacial score (nSPS) is 9.28. The first kappa shape index (κ1) is 23.3. The molecule has 0 atom stereocenters. The molecule has 0 aliphatic rings. The lowest BCUT2D eigenvalue weighted by Crippen LogP contribution is -2.09. The fraction of sp³-hybridized carbons (Fsp3) is 0. The van der Waals surface area contributed by atoms with Gasteiger partial charge in [-0.2, -0.15) is 0 Å². The number of hydrogen-bond acceptors (Lipinski definition) is 5. The smallest absolute Gasteiger partial charge is 0.328 e. The van der Waals surface area contributed by atoms with Gasteiger partial charge in [-0.1, -0.05) is 18.2 Å². The molecule has 1 amide bonds. The number of carboxylic acids is 4. The van der Waals surface area contributed by atoms with Crippen LogP contribution in [0.5, 0.6) is 0 Å². The van der Waals surface area contributed by atoms with E-state index in [1.54, 1.807) is 24.3 Å². The predicted octanol–water partition coefficient (Wildman–Crippen LogP) is 0.209. The van der Waals surface area contributed by atoms with Crippen LogP contribution in [-0.4, -0.2) is 50.2 Å². The van der Waals surface area contributed by atoms with Crippen molar-refractivity contribution in [1.82, 2.24) is 0 Å². The van der Waals surface area contributed by atoms with Crippen molar-refractivity contribution in [2.45, 2.75) is 0 Å². The third-order valence-corrected chi connectivity index (χ3v) is 1.80. The van der Waals surface area contributed by atoms with Crippen LogP contribution in [0.4, 0.5) is 0 Å². The van der Waals surface area contributed by atoms with Gasteiger partial charge in [-0.15, -0.1) is 0 Å². The van der Waals surface area contributed by atoms with Gasteiger partial charge in [0.2, 0.25) is 5.91 Å². The molecule has 134 valence electrons. The van der Waals surface area contributed by atoms with E-state index < -0.39 is 23.9 Å². The summed E-state index contributed by atoms with van der Waals surface area (Å²) < 4.78 is 0. The van der Waals surface area contributed by atoms with E-state index in [0.29, 0.717) is 29.9 Å². The molecule has 0 saturated heterocycles. The van der Waals surface area contributed by atoms with Crippen LogP contribution in [0.2, 0.25) is 0 Å². The Morgan fingerprint density at radius 1 is 0.640 bits per heavy atom. The molecule has 0 aliphatic heterocycles. The fourth-order valence-electron chi connectivity index (χ4n) is 0.888. The van der Waals surface area contributed by atoms with Crippen molar-refractivity contribution in [3.63, 3.8) is 0 Å². The average molecular weight is 353 g/mol. The van der Waals surface area contributed by atoms with Gasteiger partial charge in [-0.05, 0) is 12.1 Å². The molecule has 1 rings (SSSR count). The van der Waals surface area contributed by atoms with E-state index in [4.69, 9.17) is 26.2 Å². The molecule has 1 aromatic carbocycles. The van der Waals surface area contributed by atoms with E-state index in [1.165, 1.54) is 0 Å². The van der Waals surface area contributed by atoms with Crippen LogP contribution in [0.3, 0.4) is 0 Å². The number of aliphatic carboxylic acids is 4. The number of benzene rings is 1. The SMILES string of the molecule is NC(=O)c1ccccc1.O=C(O)/C=C/C(=O)O.O=C(O)/C=C/C(=O)O. The molecule has 1 aromatic rings. The lowest BCUT2D eigenvalue weighted by Gasteiger charge is -1.89. The molecular weight excluding hydrogens is 338 g/mol. The molecular formula is C15H15NO9. The zero-order valence-electron chi connectivity index (χ0n) is 12.6. The van der Waals surface area contributed by atoms with Crippen LogP contribution in [0, 0.1) is 0 Å². The molecule has 25 heavy (non-hydrogen) atoms. The summed E-state index contributed by atoms with van der Waals surface area (Å²) in [6.45, 7) is 0. The molecule has 0 saturated carbocycles. The van der Waals surface area contributed by atoms with Crippen molar-refractivity contribution in [1.29, 1.82) is 0 Å². The first-order valence-corrected chi connectivity index (χ1v) is 6.19. The van der Waals surface area contributed by atoms with Crippen LogP contribution in [0.15, 0.2) is 54.6 Å². The van der Waals surface area contributed by atoms with Gasteiger partial charge in [-0.25, -0.2) is 19.2 Å². The van der Waals surface area contributed by atoms with E-state index in [1.807, 2.05) is 6.07 Å². The Bertz CT molecular complexity index is 597. The second kappa shape index (κ2) is 13.7. The minimum atomic E-state index is -1.26. The summed E-state index contributed by atoms with van der Waals surface area (Å²) in [5.41, 5.74) is 5.53. The largest absolute Gasteiger partial charge is 0.478 e. The molecule has 0 fully saturated rings. The minimum Gasteiger partial charge on any atom is -0.478 e. The van der Waals surface area contributed by atoms with Gasteiger partial charge in [0.25, 0.3) is 0 Å². The summed E-state index contributed by atoms with van der Waals surface area (Å²) >= 11 is 0. The molecule has 0 bridgehead atoms. The maximum atomic E-state index is 10.4. The Balaban J connectivity index is 0. The summed E-state index contributed by atoms with van der Waals surface area (Å²) in [5, 5.41) is 31.2. The van der Waals surface area contributed by atoms with Gasteiger partial charge in [0.1, 0.15) is 0 Å². The fourth-order valence-corrected chi connectivity index (χ4v) is 0.888. The molecule has 0 radical (unpaired) electrons. The van der Waals surface area contributed by atoms with Gasteiger partial charge in [-0.3, -0.25) is 4.79 Å². The Morgan fingerprint density at radius 2 is 0.920 bits per heavy atom. The third kappa shape index (κ3) is 20.1. The number of carboxylic acid groups (broad SMARTS) is 4. The van der Waals surface area contributed by atoms with Crippen molar-refractivity contribution in [3.8, 4) is 0 Å². The highest BCUT2D eigenvalue weighted by molar-refractivity contribution is 5.92. The second-order valence-electron chi connectivity index (χ2n) is 3.75. The van der Waals surface area contributed by atoms with Gasteiger partial charge in [0.15, 0.2) is 0 Å². The molecule has 0 spiro atoms. The predicted molar refractivity (Wildman–Crippen MR) is 83.8 cm³/mol. The van der Waals surface area contributed by atoms with E-state index >= 15 is 0 Å². The summed E-state index contributed by atoms with van der Waals surface area (Å²) in [6.07, 6.45) is 2.23. The van der Waals surface area contributed by atoms with E-state index in [2.05, 4.69) is 0 Å². The highest BCUT2D eigenvalue weighted by atomic mass is 16.4. The topological polar surface area (TPSA) is 192 Å². The molecule has 0 aromatic heterocycles. The van der Waals surface area contributed by atoms with Gasteiger partial charge in [0, 0.05) is 29.9 Å². The Hall–Kier alpha value is -3.95. The molecule has 10 nitrogen and oxygen atoms in total. The first-order valence-electron chi connectivity index (χ1n) is 6.19. The summed E-state index contributed by atoms with van der Waals surface area (Å²) in [4.78, 5) is 48.6. The highest BCUT2D eigenvalue weighted by Gasteiger charge is 1.93. The Labute approximate surface area is 141 Å². The zero-order valence-corrected chi connectivity index (χ0v) is 12.6. The van der Waals surface area contributed by atoms with E-state index in [-0.39, 0.29) is 5.91 Å². The first-order chi connectivity index (χ1) is 11.6. The van der Waals surface area contributed by atoms with Crippen molar-refractivity contribution in [2.75, 3.05) is 0 Å². The highest BCUT2D eigenvalue weighted by Crippen LogP contribution is 1.94. The summed E-state index contributed by atoms with van der Waals surface area (Å²) in [6, 6.07) is 8.76. The zero-order chi connectivity index (χ0) is 19.8. The van der Waals surface area contributed by atoms with Crippen molar-refractivity contribution in [2.24, 2.45) is 5.73 Å². The number of nitrogens with two attached hydrogens (primary N) is 1. The summed E-state index contributed by atoms with van der Waals surface area (Å²) in [5.74, 6) is -5.41. The second-order valence-corrected chi connectivity index (χ2v) is 3.75. The van der Waals surface area contributed by atoms with Gasteiger partial charge >= 0.3 is 23.9 Å². The standard InChI is InChI=1S/C7H7NO.2C4H4O4/c8-7(9)6-4-2-1-3-5-6;2*5-3(6)1-2-4(7)8/h1-5H,(H2,8,9);2*1-2H,(H,5,6)(H,7,8)/b;2*2-1+. The number of rotatable bonds is 5. The maximum Gasteiger partial charge on any atom is 0.328 e. The lowest BCUT2D eigenvalue weighted by atomic mass is 10.2. The van der Waals surface area contributed by atoms with Crippen LogP contribution in [0.1, 0.15) is 10.4 Å². The Kier molecular flexibility index (Phi) is 12.8. The minimum absolute atomic E-state index is 0.379. The molecule has 6 N–H and O–H groups in total. The van der Waals surface area contributed by atoms with E-state index in [9.17, 15) is 24.0 Å². The molecule has 0 aliphatic carbocycles. The number of primary amides is 1. The van der Waals surface area contributed by atoms with Gasteiger partial charge in [0.05, 0.1) is 0 Å². The lowest BCUT2D eigenvalue weighted by molar-refractivity contribution is -0.134. The number of hydrogen-bond donors (Lipinski definition) is 5. The number of amides is 1. The van der Waals surface area contributed by atoms with Crippen molar-refractivity contribution >= 4 is 29.8 Å². The van der Waals surface area contributed by atoms with E-state index in [0.717, 1.165) is 0 Å². The molecule has 10 heteroatoms. The van der Waals surface area contributed by atoms with Crippen LogP contribution in [-0.2, 0) is 19.2 Å². The maximum absolute atomic E-state index is 10.4. The summed E-state index contributed by atoms with van der Waals surface area (Å²) in [7, 11) is 0. The molecule has 0 heterocycles. The molecule has 0 unspecified atom stereocenters. The van der Waals surface area contributed by atoms with Crippen LogP contribution in [0.25, 0.3) is 0 Å².